The van der Waals surface area contributed by atoms with Crippen LogP contribution < -0.4 is 24.0 Å². The summed E-state index contributed by atoms with van der Waals surface area (Å²) in [6.45, 7) is 0. The molecule has 0 spiro atoms. The predicted octanol–water partition coefficient (Wildman–Crippen LogP) is 0.558. The molecule has 0 fully saturated rings. The molecule has 0 aliphatic heterocycles. The number of carboxylic acid groups (broad SMARTS) is 1. The van der Waals surface area contributed by atoms with E-state index in [2.05, 4.69) is 6.13 Å². The molecule has 9 nitrogen and oxygen atoms in total. The largest absolute Gasteiger partial charge is 1.00 e. The van der Waals surface area contributed by atoms with Crippen LogP contribution in [-0.4, -0.2) is 33.2 Å². The molecule has 33 heavy (non-hydrogen) atoms. The summed E-state index contributed by atoms with van der Waals surface area (Å²) in [6.07, 6.45) is 0. The number of carbonyl (C=O) groups excluding carboxylic acids is 3. The number of benzene rings is 3. The molecule has 3 aromatic rings. The minimum Gasteiger partial charge on any atom is -0.545 e. The maximum Gasteiger partial charge on any atom is 1.00 e. The van der Waals surface area contributed by atoms with Crippen LogP contribution in [-0.2, 0) is 6.13 Å². The van der Waals surface area contributed by atoms with Crippen LogP contribution in [0.1, 0.15) is 31.1 Å². The third-order valence-corrected chi connectivity index (χ3v) is 4.31. The van der Waals surface area contributed by atoms with Crippen LogP contribution in [0.4, 0.5) is 0 Å². The van der Waals surface area contributed by atoms with Gasteiger partial charge in [0.15, 0.2) is 46.0 Å². The average molecular weight is 672 g/mol. The van der Waals surface area contributed by atoms with Crippen molar-refractivity contribution in [3.05, 3.63) is 89.5 Å². The molecule has 0 aliphatic carbocycles. The van der Waals surface area contributed by atoms with Crippen molar-refractivity contribution in [2.45, 2.75) is 0 Å². The van der Waals surface area contributed by atoms with Crippen molar-refractivity contribution in [1.82, 2.24) is 0 Å². The number of hydrogen-bond acceptors (Lipinski definition) is 9. The monoisotopic (exact) mass is 672 g/mol. The van der Waals surface area contributed by atoms with Gasteiger partial charge < -0.3 is 31.4 Å². The Bertz CT molecular complexity index is 1020. The number of carbonyl (C=O) groups is 3. The Hall–Kier alpha value is -2.47. The molecule has 0 saturated heterocycles. The van der Waals surface area contributed by atoms with E-state index in [-0.39, 0.29) is 52.8 Å². The van der Waals surface area contributed by atoms with E-state index >= 15 is 0 Å². The predicted molar refractivity (Wildman–Crippen MR) is 128 cm³/mol. The van der Waals surface area contributed by atoms with Gasteiger partial charge >= 0.3 is 30.8 Å². The van der Waals surface area contributed by atoms with Crippen molar-refractivity contribution in [2.24, 2.45) is 0 Å². The first-order chi connectivity index (χ1) is 15.2. The zero-order valence-corrected chi connectivity index (χ0v) is 21.3. The fourth-order valence-corrected chi connectivity index (χ4v) is 2.50. The topological polar surface area (TPSA) is 153 Å². The maximum absolute atomic E-state index is 10.8. The van der Waals surface area contributed by atoms with Gasteiger partial charge in [-0.1, -0.05) is 36.4 Å². The quantitative estimate of drug-likeness (QED) is 0.268. The molecule has 0 saturated carbocycles. The summed E-state index contributed by atoms with van der Waals surface area (Å²) >= 11 is 2.95. The molecule has 0 amide bonds. The molecule has 168 valence electrons. The zero-order valence-electron chi connectivity index (χ0n) is 17.0. The SMILES string of the molecule is O=C(OI)c1ccccc1O.O=C(OI)c1ccccc1O.O=C([O-])c1ccccc1O.[Li+]. The van der Waals surface area contributed by atoms with Crippen molar-refractivity contribution in [1.29, 1.82) is 0 Å². The van der Waals surface area contributed by atoms with Crippen molar-refractivity contribution in [3.8, 4) is 17.2 Å². The summed E-state index contributed by atoms with van der Waals surface area (Å²) in [7, 11) is 0. The molecule has 0 aromatic heterocycles. The number of hydrogen-bond donors (Lipinski definition) is 3. The molecular weight excluding hydrogens is 657 g/mol. The summed E-state index contributed by atoms with van der Waals surface area (Å²) in [4.78, 5) is 31.8. The number of halogens is 2. The van der Waals surface area contributed by atoms with Crippen LogP contribution in [0.5, 0.6) is 17.2 Å². The fourth-order valence-electron chi connectivity index (χ4n) is 2.02. The van der Waals surface area contributed by atoms with Gasteiger partial charge in [0.1, 0.15) is 28.4 Å². The van der Waals surface area contributed by atoms with Gasteiger partial charge in [-0.05, 0) is 36.4 Å². The standard InChI is InChI=1S/2C7H5IO3.C7H6O3.Li/c2*8-11-7(10)5-3-1-2-4-6(5)9;8-6-4-2-1-3-5(6)7(9)10;/h2*1-4,9H;1-4,8H,(H,9,10);/q;;;+1/p-1. The van der Waals surface area contributed by atoms with E-state index in [0.29, 0.717) is 0 Å². The van der Waals surface area contributed by atoms with Gasteiger partial charge in [0.2, 0.25) is 0 Å². The third kappa shape index (κ3) is 10.3. The Morgan fingerprint density at radius 3 is 1.09 bits per heavy atom. The van der Waals surface area contributed by atoms with E-state index in [1.54, 1.807) is 30.3 Å². The normalized spacial score (nSPS) is 8.91. The van der Waals surface area contributed by atoms with Crippen LogP contribution in [0.3, 0.4) is 0 Å². The molecule has 0 atom stereocenters. The van der Waals surface area contributed by atoms with E-state index in [1.165, 1.54) is 88.5 Å². The molecule has 3 aromatic carbocycles. The molecule has 0 bridgehead atoms. The number of aromatic hydroxyl groups is 3. The van der Waals surface area contributed by atoms with Gasteiger partial charge in [-0.2, -0.15) is 0 Å². The zero-order chi connectivity index (χ0) is 24.1. The molecule has 12 heteroatoms. The Balaban J connectivity index is 0.000000459. The van der Waals surface area contributed by atoms with Crippen LogP contribution in [0.2, 0.25) is 0 Å². The van der Waals surface area contributed by atoms with Crippen molar-refractivity contribution < 1.29 is 59.8 Å². The Morgan fingerprint density at radius 2 is 0.879 bits per heavy atom. The van der Waals surface area contributed by atoms with Crippen LogP contribution in [0, 0.1) is 0 Å². The second-order valence-electron chi connectivity index (χ2n) is 5.57. The average Bonchev–Trinajstić information content (AvgIpc) is 2.79. The summed E-state index contributed by atoms with van der Waals surface area (Å²) in [5.74, 6) is -2.82. The van der Waals surface area contributed by atoms with Gasteiger partial charge in [-0.3, -0.25) is 0 Å². The fraction of sp³-hybridized carbons (Fsp3) is 0. The second-order valence-corrected chi connectivity index (χ2v) is 6.45. The van der Waals surface area contributed by atoms with E-state index in [4.69, 9.17) is 15.3 Å². The van der Waals surface area contributed by atoms with E-state index < -0.39 is 17.9 Å². The van der Waals surface area contributed by atoms with Crippen LogP contribution >= 0.6 is 46.0 Å². The number of phenolic OH excluding ortho intramolecular Hbond substituents is 2. The first-order valence-corrected chi connectivity index (χ1v) is 10.2. The van der Waals surface area contributed by atoms with E-state index in [0.717, 1.165) is 0 Å². The van der Waals surface area contributed by atoms with Gasteiger partial charge in [0.05, 0.1) is 5.97 Å². The van der Waals surface area contributed by atoms with Crippen molar-refractivity contribution in [2.75, 3.05) is 0 Å². The van der Waals surface area contributed by atoms with Gasteiger partial charge in [-0.15, -0.1) is 0 Å². The first-order valence-electron chi connectivity index (χ1n) is 8.44. The summed E-state index contributed by atoms with van der Waals surface area (Å²) < 4.78 is 8.78. The Labute approximate surface area is 228 Å². The van der Waals surface area contributed by atoms with Crippen LogP contribution in [0.15, 0.2) is 72.8 Å². The smallest absolute Gasteiger partial charge is 0.545 e. The molecule has 3 N–H and O–H groups in total. The molecule has 0 aliphatic rings. The first kappa shape index (κ1) is 30.5. The van der Waals surface area contributed by atoms with Crippen molar-refractivity contribution in [3.63, 3.8) is 0 Å². The third-order valence-electron chi connectivity index (χ3n) is 3.51. The van der Waals surface area contributed by atoms with Gasteiger partial charge in [-0.25, -0.2) is 9.59 Å². The Kier molecular flexibility index (Phi) is 15.0. The molecule has 0 unspecified atom stereocenters. The summed E-state index contributed by atoms with van der Waals surface area (Å²) in [5.41, 5.74) is 0.186. The van der Waals surface area contributed by atoms with Gasteiger partial charge in [0, 0.05) is 5.56 Å². The molecular formula is C21H15I2LiO9. The number of carboxylic acids is 1. The Morgan fingerprint density at radius 1 is 0.606 bits per heavy atom. The molecule has 3 rings (SSSR count). The molecule has 0 radical (unpaired) electrons. The van der Waals surface area contributed by atoms with E-state index in [9.17, 15) is 19.5 Å². The minimum atomic E-state index is -1.36. The number of rotatable bonds is 3. The minimum absolute atomic E-state index is 0. The number of phenols is 3. The summed E-state index contributed by atoms with van der Waals surface area (Å²) in [5, 5.41) is 37.2. The molecule has 0 heterocycles. The van der Waals surface area contributed by atoms with Gasteiger partial charge in [0.25, 0.3) is 0 Å². The second kappa shape index (κ2) is 16.2. The van der Waals surface area contributed by atoms with Crippen molar-refractivity contribution >= 4 is 63.9 Å². The van der Waals surface area contributed by atoms with E-state index in [1.807, 2.05) is 0 Å². The maximum atomic E-state index is 10.8. The number of para-hydroxylation sites is 3. The summed E-state index contributed by atoms with van der Waals surface area (Å²) in [6, 6.07) is 18.1. The van der Waals surface area contributed by atoms with Crippen LogP contribution in [0.25, 0.3) is 0 Å². The number of aromatic carboxylic acids is 1.